The highest BCUT2D eigenvalue weighted by Gasteiger charge is 2.11. The van der Waals surface area contributed by atoms with Crippen molar-refractivity contribution >= 4 is 16.9 Å². The highest BCUT2D eigenvalue weighted by atomic mass is 16.4. The van der Waals surface area contributed by atoms with Gasteiger partial charge in [-0.25, -0.2) is 4.79 Å². The van der Waals surface area contributed by atoms with Crippen LogP contribution in [0.3, 0.4) is 0 Å². The highest BCUT2D eigenvalue weighted by molar-refractivity contribution is 5.93. The molecule has 1 N–H and O–H groups in total. The lowest BCUT2D eigenvalue weighted by molar-refractivity contribution is 0.0697. The number of rotatable bonds is 2. The molecule has 0 bridgehead atoms. The number of nitrogens with zero attached hydrogens (tertiary/aromatic N) is 2. The van der Waals surface area contributed by atoms with Gasteiger partial charge in [-0.3, -0.25) is 14.2 Å². The Morgan fingerprint density at radius 3 is 2.69 bits per heavy atom. The van der Waals surface area contributed by atoms with Crippen LogP contribution in [0.25, 0.3) is 10.9 Å². The molecule has 1 aromatic heterocycles. The first-order chi connectivity index (χ1) is 7.56. The Morgan fingerprint density at radius 2 is 2.12 bits per heavy atom. The summed E-state index contributed by atoms with van der Waals surface area (Å²) in [5.74, 6) is -0.987. The van der Waals surface area contributed by atoms with Crippen LogP contribution in [-0.4, -0.2) is 20.4 Å². The molecule has 84 valence electrons. The van der Waals surface area contributed by atoms with E-state index >= 15 is 0 Å². The molecule has 0 unspecified atom stereocenters. The third kappa shape index (κ3) is 1.32. The van der Waals surface area contributed by atoms with Crippen LogP contribution >= 0.6 is 0 Å². The van der Waals surface area contributed by atoms with E-state index in [-0.39, 0.29) is 11.1 Å². The zero-order valence-corrected chi connectivity index (χ0v) is 9.10. The van der Waals surface area contributed by atoms with Gasteiger partial charge in [-0.1, -0.05) is 0 Å². The number of hydrogen-bond donors (Lipinski definition) is 1. The van der Waals surface area contributed by atoms with Crippen molar-refractivity contribution in [1.29, 1.82) is 0 Å². The van der Waals surface area contributed by atoms with Crippen molar-refractivity contribution < 1.29 is 9.90 Å². The van der Waals surface area contributed by atoms with Crippen LogP contribution < -0.4 is 5.56 Å². The zero-order valence-electron chi connectivity index (χ0n) is 9.10. The van der Waals surface area contributed by atoms with Crippen molar-refractivity contribution in [2.75, 3.05) is 0 Å². The van der Waals surface area contributed by atoms with E-state index < -0.39 is 5.97 Å². The smallest absolute Gasteiger partial charge is 0.335 e. The number of benzene rings is 1. The summed E-state index contributed by atoms with van der Waals surface area (Å²) < 4.78 is 3.25. The Kier molecular flexibility index (Phi) is 2.30. The van der Waals surface area contributed by atoms with Gasteiger partial charge in [0, 0.05) is 13.6 Å². The van der Waals surface area contributed by atoms with Gasteiger partial charge in [0.1, 0.15) is 0 Å². The Hall–Kier alpha value is -2.04. The number of aromatic carboxylic acids is 1. The van der Waals surface area contributed by atoms with E-state index in [2.05, 4.69) is 0 Å². The van der Waals surface area contributed by atoms with Gasteiger partial charge in [0.05, 0.1) is 16.5 Å². The van der Waals surface area contributed by atoms with Crippen molar-refractivity contribution in [3.05, 3.63) is 34.1 Å². The summed E-state index contributed by atoms with van der Waals surface area (Å²) in [7, 11) is 1.75. The maximum absolute atomic E-state index is 11.9. The molecular formula is C11H12N2O3. The second-order valence-electron chi connectivity index (χ2n) is 3.58. The van der Waals surface area contributed by atoms with E-state index in [0.29, 0.717) is 17.4 Å². The quantitative estimate of drug-likeness (QED) is 0.823. The lowest BCUT2D eigenvalue weighted by atomic mass is 10.2. The molecule has 1 heterocycles. The van der Waals surface area contributed by atoms with Crippen molar-refractivity contribution in [3.8, 4) is 0 Å². The molecule has 0 fully saturated rings. The fraction of sp³-hybridized carbons (Fsp3) is 0.273. The molecule has 0 spiro atoms. The maximum Gasteiger partial charge on any atom is 0.335 e. The Bertz CT molecular complexity index is 622. The third-order valence-corrected chi connectivity index (χ3v) is 2.72. The topological polar surface area (TPSA) is 64.2 Å². The number of carboxylic acid groups (broad SMARTS) is 1. The predicted molar refractivity (Wildman–Crippen MR) is 59.8 cm³/mol. The van der Waals surface area contributed by atoms with Crippen LogP contribution in [0.2, 0.25) is 0 Å². The summed E-state index contributed by atoms with van der Waals surface area (Å²) in [5.41, 5.74) is 0.750. The van der Waals surface area contributed by atoms with E-state index in [1.165, 1.54) is 12.1 Å². The minimum atomic E-state index is -0.987. The van der Waals surface area contributed by atoms with E-state index in [1.54, 1.807) is 22.5 Å². The van der Waals surface area contributed by atoms with Crippen molar-refractivity contribution in [1.82, 2.24) is 9.36 Å². The second-order valence-corrected chi connectivity index (χ2v) is 3.58. The molecule has 16 heavy (non-hydrogen) atoms. The van der Waals surface area contributed by atoms with Gasteiger partial charge in [-0.15, -0.1) is 0 Å². The number of carboxylic acids is 1. The molecule has 5 nitrogen and oxygen atoms in total. The van der Waals surface area contributed by atoms with Gasteiger partial charge in [0.2, 0.25) is 0 Å². The molecule has 0 aliphatic carbocycles. The lowest BCUT2D eigenvalue weighted by Crippen LogP contribution is -2.19. The highest BCUT2D eigenvalue weighted by Crippen LogP contribution is 2.13. The Labute approximate surface area is 91.5 Å². The van der Waals surface area contributed by atoms with Crippen LogP contribution in [0.5, 0.6) is 0 Å². The van der Waals surface area contributed by atoms with Crippen LogP contribution in [-0.2, 0) is 13.6 Å². The molecule has 5 heteroatoms. The molecule has 0 saturated heterocycles. The monoisotopic (exact) mass is 220 g/mol. The van der Waals surface area contributed by atoms with E-state index in [9.17, 15) is 9.59 Å². The second kappa shape index (κ2) is 3.52. The van der Waals surface area contributed by atoms with Gasteiger partial charge < -0.3 is 5.11 Å². The number of fused-ring (bicyclic) bond motifs is 1. The SMILES string of the molecule is CCn1c(=O)c2ccc(C(=O)O)cc2n1C. The standard InChI is InChI=1S/C11H12N2O3/c1-3-13-10(14)8-5-4-7(11(15)16)6-9(8)12(13)2/h4-6H,3H2,1-2H3,(H,15,16). The van der Waals surface area contributed by atoms with Crippen molar-refractivity contribution in [2.45, 2.75) is 13.5 Å². The first-order valence-corrected chi connectivity index (χ1v) is 4.99. The molecule has 0 saturated carbocycles. The van der Waals surface area contributed by atoms with Gasteiger partial charge in [-0.05, 0) is 25.1 Å². The van der Waals surface area contributed by atoms with Crippen LogP contribution in [0, 0.1) is 0 Å². The summed E-state index contributed by atoms with van der Waals surface area (Å²) in [6.45, 7) is 2.44. The normalized spacial score (nSPS) is 10.9. The average molecular weight is 220 g/mol. The Balaban J connectivity index is 2.84. The van der Waals surface area contributed by atoms with Crippen molar-refractivity contribution in [3.63, 3.8) is 0 Å². The molecule has 2 aromatic rings. The van der Waals surface area contributed by atoms with E-state index in [4.69, 9.17) is 5.11 Å². The number of hydrogen-bond acceptors (Lipinski definition) is 2. The summed E-state index contributed by atoms with van der Waals surface area (Å²) in [4.78, 5) is 22.7. The molecular weight excluding hydrogens is 208 g/mol. The summed E-state index contributed by atoms with van der Waals surface area (Å²) in [6.07, 6.45) is 0. The van der Waals surface area contributed by atoms with Gasteiger partial charge in [0.25, 0.3) is 5.56 Å². The third-order valence-electron chi connectivity index (χ3n) is 2.72. The Morgan fingerprint density at radius 1 is 1.44 bits per heavy atom. The van der Waals surface area contributed by atoms with E-state index in [1.807, 2.05) is 6.92 Å². The predicted octanol–water partition coefficient (Wildman–Crippen LogP) is 1.06. The molecule has 0 atom stereocenters. The molecule has 1 aromatic carbocycles. The fourth-order valence-electron chi connectivity index (χ4n) is 1.87. The van der Waals surface area contributed by atoms with Crippen molar-refractivity contribution in [2.24, 2.45) is 7.05 Å². The molecule has 0 amide bonds. The number of carbonyl (C=O) groups is 1. The van der Waals surface area contributed by atoms with Gasteiger partial charge in [-0.2, -0.15) is 0 Å². The molecule has 0 aliphatic rings. The van der Waals surface area contributed by atoms with Crippen LogP contribution in [0.4, 0.5) is 0 Å². The van der Waals surface area contributed by atoms with E-state index in [0.717, 1.165) is 0 Å². The van der Waals surface area contributed by atoms with Crippen LogP contribution in [0.15, 0.2) is 23.0 Å². The summed E-state index contributed by atoms with van der Waals surface area (Å²) in [6, 6.07) is 4.53. The fourth-order valence-corrected chi connectivity index (χ4v) is 1.87. The van der Waals surface area contributed by atoms with Crippen LogP contribution in [0.1, 0.15) is 17.3 Å². The molecule has 2 rings (SSSR count). The summed E-state index contributed by atoms with van der Waals surface area (Å²) in [5, 5.41) is 9.42. The average Bonchev–Trinajstić information content (AvgIpc) is 2.51. The largest absolute Gasteiger partial charge is 0.478 e. The number of aromatic nitrogens is 2. The van der Waals surface area contributed by atoms with Gasteiger partial charge >= 0.3 is 5.97 Å². The minimum absolute atomic E-state index is 0.0862. The molecule has 0 aliphatic heterocycles. The first-order valence-electron chi connectivity index (χ1n) is 4.99. The summed E-state index contributed by atoms with van der Waals surface area (Å²) >= 11 is 0. The minimum Gasteiger partial charge on any atom is -0.478 e. The lowest BCUT2D eigenvalue weighted by Gasteiger charge is -2.03. The zero-order chi connectivity index (χ0) is 11.9. The first kappa shape index (κ1) is 10.5. The molecule has 0 radical (unpaired) electrons. The number of aryl methyl sites for hydroxylation is 1. The maximum atomic E-state index is 11.9. The van der Waals surface area contributed by atoms with Gasteiger partial charge in [0.15, 0.2) is 0 Å².